The fraction of sp³-hybridized carbons (Fsp3) is 0.667. The highest BCUT2D eigenvalue weighted by Gasteiger charge is 2.21. The molecule has 1 aliphatic rings. The minimum Gasteiger partial charge on any atom is -0.444 e. The molecule has 1 amide bonds. The maximum absolute atomic E-state index is 11.6. The third-order valence-corrected chi connectivity index (χ3v) is 3.93. The van der Waals surface area contributed by atoms with Crippen LogP contribution in [0.5, 0.6) is 0 Å². The van der Waals surface area contributed by atoms with Crippen molar-refractivity contribution in [3.05, 3.63) is 18.5 Å². The van der Waals surface area contributed by atoms with E-state index in [1.807, 2.05) is 26.8 Å². The van der Waals surface area contributed by atoms with Crippen LogP contribution in [-0.4, -0.2) is 78.8 Å². The van der Waals surface area contributed by atoms with E-state index >= 15 is 0 Å². The monoisotopic (exact) mass is 505 g/mol. The molecule has 1 aromatic rings. The van der Waals surface area contributed by atoms with Crippen LogP contribution >= 0.6 is 24.0 Å². The molecule has 2 heterocycles. The van der Waals surface area contributed by atoms with E-state index in [0.29, 0.717) is 6.54 Å². The van der Waals surface area contributed by atoms with Gasteiger partial charge in [0, 0.05) is 58.7 Å². The SMILES string of the molecule is CN=C(NCCCNC(=O)OC(C)(C)C)N1CCN(c2ncccn2)CC1.I. The average Bonchev–Trinajstić information content (AvgIpc) is 2.64. The number of hydrogen-bond donors (Lipinski definition) is 2. The van der Waals surface area contributed by atoms with Crippen LogP contribution in [0.2, 0.25) is 0 Å². The summed E-state index contributed by atoms with van der Waals surface area (Å²) in [6.07, 6.45) is 3.93. The standard InChI is InChI=1S/C18H31N7O2.HI/c1-18(2,3)27-17(26)23-10-6-7-20-15(19-4)24-11-13-25(14-12-24)16-21-8-5-9-22-16;/h5,8-9H,6-7,10-14H2,1-4H3,(H,19,20)(H,23,26);1H. The van der Waals surface area contributed by atoms with Gasteiger partial charge in [0.1, 0.15) is 5.60 Å². The fourth-order valence-corrected chi connectivity index (χ4v) is 2.70. The largest absolute Gasteiger partial charge is 0.444 e. The molecule has 158 valence electrons. The van der Waals surface area contributed by atoms with Gasteiger partial charge in [0.15, 0.2) is 5.96 Å². The number of nitrogens with one attached hydrogen (secondary N) is 2. The summed E-state index contributed by atoms with van der Waals surface area (Å²) >= 11 is 0. The predicted molar refractivity (Wildman–Crippen MR) is 121 cm³/mol. The Kier molecular flexibility index (Phi) is 10.3. The van der Waals surface area contributed by atoms with Crippen molar-refractivity contribution >= 4 is 42.0 Å². The smallest absolute Gasteiger partial charge is 0.407 e. The first kappa shape index (κ1) is 24.2. The summed E-state index contributed by atoms with van der Waals surface area (Å²) in [7, 11) is 1.79. The molecule has 0 unspecified atom stereocenters. The molecule has 1 aromatic heterocycles. The second-order valence-corrected chi connectivity index (χ2v) is 7.28. The quantitative estimate of drug-likeness (QED) is 0.272. The van der Waals surface area contributed by atoms with Gasteiger partial charge in [-0.3, -0.25) is 4.99 Å². The molecule has 28 heavy (non-hydrogen) atoms. The van der Waals surface area contributed by atoms with Gasteiger partial charge in [0.2, 0.25) is 5.95 Å². The Morgan fingerprint density at radius 2 is 1.75 bits per heavy atom. The van der Waals surface area contributed by atoms with E-state index in [1.54, 1.807) is 19.4 Å². The van der Waals surface area contributed by atoms with Gasteiger partial charge in [-0.2, -0.15) is 0 Å². The van der Waals surface area contributed by atoms with Crippen molar-refractivity contribution < 1.29 is 9.53 Å². The number of nitrogens with zero attached hydrogens (tertiary/aromatic N) is 5. The molecule has 1 saturated heterocycles. The molecule has 9 nitrogen and oxygen atoms in total. The van der Waals surface area contributed by atoms with Crippen LogP contribution in [0.15, 0.2) is 23.5 Å². The number of halogens is 1. The minimum absolute atomic E-state index is 0. The van der Waals surface area contributed by atoms with Crippen molar-refractivity contribution in [1.82, 2.24) is 25.5 Å². The number of piperazine rings is 1. The lowest BCUT2D eigenvalue weighted by molar-refractivity contribution is 0.0527. The fourth-order valence-electron chi connectivity index (χ4n) is 2.70. The van der Waals surface area contributed by atoms with Gasteiger partial charge in [-0.15, -0.1) is 24.0 Å². The molecule has 0 aromatic carbocycles. The van der Waals surface area contributed by atoms with E-state index in [9.17, 15) is 4.79 Å². The first-order valence-electron chi connectivity index (χ1n) is 9.33. The first-order valence-corrected chi connectivity index (χ1v) is 9.33. The second kappa shape index (κ2) is 11.9. The van der Waals surface area contributed by atoms with Crippen LogP contribution in [0.1, 0.15) is 27.2 Å². The number of rotatable bonds is 5. The zero-order valence-electron chi connectivity index (χ0n) is 17.1. The zero-order valence-corrected chi connectivity index (χ0v) is 19.5. The summed E-state index contributed by atoms with van der Waals surface area (Å²) in [5, 5.41) is 6.11. The summed E-state index contributed by atoms with van der Waals surface area (Å²) < 4.78 is 5.21. The molecular formula is C18H32IN7O2. The zero-order chi connectivity index (χ0) is 19.7. The Morgan fingerprint density at radius 1 is 1.14 bits per heavy atom. The highest BCUT2D eigenvalue weighted by molar-refractivity contribution is 14.0. The Labute approximate surface area is 184 Å². The second-order valence-electron chi connectivity index (χ2n) is 7.28. The lowest BCUT2D eigenvalue weighted by atomic mass is 10.2. The molecule has 1 fully saturated rings. The summed E-state index contributed by atoms with van der Waals surface area (Å²) in [5.41, 5.74) is -0.475. The number of alkyl carbamates (subject to hydrolysis) is 1. The number of amides is 1. The van der Waals surface area contributed by atoms with E-state index in [2.05, 4.69) is 35.4 Å². The third-order valence-electron chi connectivity index (χ3n) is 3.93. The van der Waals surface area contributed by atoms with Gasteiger partial charge in [0.05, 0.1) is 0 Å². The molecular weight excluding hydrogens is 473 g/mol. The molecule has 0 radical (unpaired) electrons. The summed E-state index contributed by atoms with van der Waals surface area (Å²) in [5.74, 6) is 1.65. The highest BCUT2D eigenvalue weighted by atomic mass is 127. The molecule has 1 aliphatic heterocycles. The summed E-state index contributed by atoms with van der Waals surface area (Å²) in [4.78, 5) is 29.0. The maximum atomic E-state index is 11.6. The Bertz CT molecular complexity index is 614. The van der Waals surface area contributed by atoms with Gasteiger partial charge in [-0.1, -0.05) is 0 Å². The molecule has 10 heteroatoms. The number of carbonyl (C=O) groups excluding carboxylic acids is 1. The molecule has 0 saturated carbocycles. The van der Waals surface area contributed by atoms with Crippen LogP contribution in [-0.2, 0) is 4.74 Å². The van der Waals surface area contributed by atoms with Crippen LogP contribution in [0.3, 0.4) is 0 Å². The number of anilines is 1. The number of aliphatic imine (C=N–C) groups is 1. The lowest BCUT2D eigenvalue weighted by Crippen LogP contribution is -2.53. The van der Waals surface area contributed by atoms with Crippen molar-refractivity contribution in [2.24, 2.45) is 4.99 Å². The normalized spacial score (nSPS) is 14.9. The topological polar surface area (TPSA) is 95.0 Å². The van der Waals surface area contributed by atoms with Crippen molar-refractivity contribution in [3.63, 3.8) is 0 Å². The van der Waals surface area contributed by atoms with Crippen molar-refractivity contribution in [2.75, 3.05) is 51.2 Å². The van der Waals surface area contributed by atoms with Crippen molar-refractivity contribution in [2.45, 2.75) is 32.8 Å². The molecule has 0 bridgehead atoms. The van der Waals surface area contributed by atoms with Gasteiger partial charge < -0.3 is 25.2 Å². The van der Waals surface area contributed by atoms with E-state index < -0.39 is 5.60 Å². The van der Waals surface area contributed by atoms with E-state index in [-0.39, 0.29) is 30.1 Å². The van der Waals surface area contributed by atoms with Gasteiger partial charge in [-0.05, 0) is 33.3 Å². The molecule has 2 rings (SSSR count). The van der Waals surface area contributed by atoms with E-state index in [1.165, 1.54) is 0 Å². The van der Waals surface area contributed by atoms with Crippen molar-refractivity contribution in [1.29, 1.82) is 0 Å². The highest BCUT2D eigenvalue weighted by Crippen LogP contribution is 2.09. The molecule has 2 N–H and O–H groups in total. The summed E-state index contributed by atoms with van der Waals surface area (Å²) in [6.45, 7) is 10.2. The van der Waals surface area contributed by atoms with Gasteiger partial charge >= 0.3 is 6.09 Å². The van der Waals surface area contributed by atoms with Crippen LogP contribution in [0, 0.1) is 0 Å². The first-order chi connectivity index (χ1) is 12.9. The Balaban J connectivity index is 0.00000392. The third kappa shape index (κ3) is 8.44. The minimum atomic E-state index is -0.475. The Hall–Kier alpha value is -1.85. The number of aromatic nitrogens is 2. The van der Waals surface area contributed by atoms with Crippen LogP contribution < -0.4 is 15.5 Å². The number of ether oxygens (including phenoxy) is 1. The number of guanidine groups is 1. The Morgan fingerprint density at radius 3 is 2.32 bits per heavy atom. The lowest BCUT2D eigenvalue weighted by Gasteiger charge is -2.36. The van der Waals surface area contributed by atoms with E-state index in [4.69, 9.17) is 4.74 Å². The average molecular weight is 505 g/mol. The summed E-state index contributed by atoms with van der Waals surface area (Å²) in [6, 6.07) is 1.82. The van der Waals surface area contributed by atoms with Gasteiger partial charge in [0.25, 0.3) is 0 Å². The van der Waals surface area contributed by atoms with E-state index in [0.717, 1.165) is 51.1 Å². The van der Waals surface area contributed by atoms with Crippen LogP contribution in [0.4, 0.5) is 10.7 Å². The van der Waals surface area contributed by atoms with Crippen LogP contribution in [0.25, 0.3) is 0 Å². The number of carbonyl (C=O) groups is 1. The molecule has 0 spiro atoms. The maximum Gasteiger partial charge on any atom is 0.407 e. The van der Waals surface area contributed by atoms with Gasteiger partial charge in [-0.25, -0.2) is 14.8 Å². The number of hydrogen-bond acceptors (Lipinski definition) is 6. The molecule has 0 atom stereocenters. The molecule has 0 aliphatic carbocycles. The van der Waals surface area contributed by atoms with Crippen molar-refractivity contribution in [3.8, 4) is 0 Å². The predicted octanol–water partition coefficient (Wildman–Crippen LogP) is 1.71.